The van der Waals surface area contributed by atoms with Crippen molar-refractivity contribution in [3.63, 3.8) is 0 Å². The second-order valence-electron chi connectivity index (χ2n) is 6.63. The summed E-state index contributed by atoms with van der Waals surface area (Å²) in [6, 6.07) is 0. The topological polar surface area (TPSA) is 26.3 Å². The van der Waals surface area contributed by atoms with E-state index in [0.29, 0.717) is 12.5 Å². The SMILES string of the molecule is CC(C)=CCC/C(C)=C/CC[C@@]1(C)[C@@H]2C(=O)OC[C@@H]21. The van der Waals surface area contributed by atoms with E-state index in [1.807, 2.05) is 0 Å². The van der Waals surface area contributed by atoms with Crippen molar-refractivity contribution in [2.45, 2.75) is 53.4 Å². The number of carbonyl (C=O) groups is 1. The van der Waals surface area contributed by atoms with Crippen molar-refractivity contribution in [3.05, 3.63) is 23.3 Å². The minimum atomic E-state index is 0.0387. The molecular weight excluding hydrogens is 236 g/mol. The van der Waals surface area contributed by atoms with Crippen LogP contribution in [-0.4, -0.2) is 12.6 Å². The van der Waals surface area contributed by atoms with Crippen molar-refractivity contribution < 1.29 is 9.53 Å². The summed E-state index contributed by atoms with van der Waals surface area (Å²) in [5.74, 6) is 0.739. The van der Waals surface area contributed by atoms with E-state index >= 15 is 0 Å². The number of ether oxygens (including phenoxy) is 1. The lowest BCUT2D eigenvalue weighted by Crippen LogP contribution is -2.13. The van der Waals surface area contributed by atoms with Gasteiger partial charge in [0.1, 0.15) is 0 Å². The van der Waals surface area contributed by atoms with E-state index in [0.717, 1.165) is 25.7 Å². The molecular formula is C17H26O2. The minimum Gasteiger partial charge on any atom is -0.465 e. The van der Waals surface area contributed by atoms with Crippen LogP contribution in [0.2, 0.25) is 0 Å². The molecule has 1 saturated heterocycles. The number of hydrogen-bond donors (Lipinski definition) is 0. The van der Waals surface area contributed by atoms with Crippen molar-refractivity contribution in [1.29, 1.82) is 0 Å². The minimum absolute atomic E-state index is 0.0387. The summed E-state index contributed by atoms with van der Waals surface area (Å²) in [6.45, 7) is 9.40. The molecule has 0 amide bonds. The Morgan fingerprint density at radius 3 is 2.63 bits per heavy atom. The normalized spacial score (nSPS) is 32.8. The lowest BCUT2D eigenvalue weighted by Gasteiger charge is -2.13. The van der Waals surface area contributed by atoms with E-state index in [1.165, 1.54) is 11.1 Å². The van der Waals surface area contributed by atoms with Gasteiger partial charge in [0.25, 0.3) is 0 Å². The molecule has 0 aromatic carbocycles. The van der Waals surface area contributed by atoms with E-state index in [1.54, 1.807) is 0 Å². The Morgan fingerprint density at radius 1 is 1.32 bits per heavy atom. The zero-order valence-corrected chi connectivity index (χ0v) is 12.7. The molecule has 0 radical (unpaired) electrons. The molecule has 1 aliphatic heterocycles. The molecule has 0 aromatic heterocycles. The Hall–Kier alpha value is -1.05. The van der Waals surface area contributed by atoms with Gasteiger partial charge in [-0.1, -0.05) is 30.2 Å². The molecule has 19 heavy (non-hydrogen) atoms. The van der Waals surface area contributed by atoms with Gasteiger partial charge in [-0.25, -0.2) is 0 Å². The fourth-order valence-corrected chi connectivity index (χ4v) is 3.30. The largest absolute Gasteiger partial charge is 0.465 e. The van der Waals surface area contributed by atoms with Crippen molar-refractivity contribution >= 4 is 5.97 Å². The molecule has 0 spiro atoms. The van der Waals surface area contributed by atoms with Gasteiger partial charge in [0.2, 0.25) is 0 Å². The van der Waals surface area contributed by atoms with Gasteiger partial charge in [-0.3, -0.25) is 4.79 Å². The molecule has 0 aromatic rings. The van der Waals surface area contributed by atoms with Gasteiger partial charge in [-0.15, -0.1) is 0 Å². The second kappa shape index (κ2) is 5.52. The highest BCUT2D eigenvalue weighted by Crippen LogP contribution is 2.64. The van der Waals surface area contributed by atoms with Gasteiger partial charge in [-0.2, -0.15) is 0 Å². The van der Waals surface area contributed by atoms with E-state index < -0.39 is 0 Å². The predicted molar refractivity (Wildman–Crippen MR) is 77.7 cm³/mol. The van der Waals surface area contributed by atoms with Gasteiger partial charge < -0.3 is 4.74 Å². The summed E-state index contributed by atoms with van der Waals surface area (Å²) in [5.41, 5.74) is 3.09. The number of esters is 1. The third kappa shape index (κ3) is 3.10. The van der Waals surface area contributed by atoms with E-state index in [9.17, 15) is 4.79 Å². The number of fused-ring (bicyclic) bond motifs is 1. The van der Waals surface area contributed by atoms with Gasteiger partial charge in [-0.05, 0) is 51.9 Å². The monoisotopic (exact) mass is 262 g/mol. The molecule has 2 nitrogen and oxygen atoms in total. The van der Waals surface area contributed by atoms with Crippen LogP contribution in [0.3, 0.4) is 0 Å². The van der Waals surface area contributed by atoms with E-state index in [2.05, 4.69) is 39.8 Å². The highest BCUT2D eigenvalue weighted by Gasteiger charge is 2.68. The first kappa shape index (κ1) is 14.4. The summed E-state index contributed by atoms with van der Waals surface area (Å²) in [4.78, 5) is 11.5. The summed E-state index contributed by atoms with van der Waals surface area (Å²) in [6.07, 6.45) is 9.15. The number of carbonyl (C=O) groups excluding carboxylic acids is 1. The molecule has 1 heterocycles. The highest BCUT2D eigenvalue weighted by atomic mass is 16.5. The molecule has 2 aliphatic rings. The Morgan fingerprint density at radius 2 is 2.05 bits per heavy atom. The van der Waals surface area contributed by atoms with Crippen LogP contribution in [0, 0.1) is 17.3 Å². The molecule has 0 bridgehead atoms. The van der Waals surface area contributed by atoms with E-state index in [4.69, 9.17) is 4.74 Å². The van der Waals surface area contributed by atoms with Gasteiger partial charge in [0, 0.05) is 5.92 Å². The quantitative estimate of drug-likeness (QED) is 0.528. The first-order valence-electron chi connectivity index (χ1n) is 7.41. The van der Waals surface area contributed by atoms with Crippen molar-refractivity contribution in [2.24, 2.45) is 17.3 Å². The van der Waals surface area contributed by atoms with Crippen molar-refractivity contribution in [3.8, 4) is 0 Å². The maximum atomic E-state index is 11.5. The maximum Gasteiger partial charge on any atom is 0.309 e. The lowest BCUT2D eigenvalue weighted by atomic mass is 9.96. The summed E-state index contributed by atoms with van der Waals surface area (Å²) >= 11 is 0. The first-order chi connectivity index (χ1) is 8.95. The second-order valence-corrected chi connectivity index (χ2v) is 6.63. The fraction of sp³-hybridized carbons (Fsp3) is 0.706. The average Bonchev–Trinajstić information content (AvgIpc) is 2.68. The zero-order chi connectivity index (χ0) is 14.0. The van der Waals surface area contributed by atoms with Gasteiger partial charge in [0.05, 0.1) is 12.5 Å². The summed E-state index contributed by atoms with van der Waals surface area (Å²) < 4.78 is 5.05. The predicted octanol–water partition coefficient (Wildman–Crippen LogP) is 4.27. The standard InChI is InChI=1S/C17H26O2/c1-12(2)7-5-8-13(3)9-6-10-17(4)14-11-19-16(18)15(14)17/h7,9,14-15H,5-6,8,10-11H2,1-4H3/b13-9+/t14-,15-,17+/m0/s1. The number of cyclic esters (lactones) is 1. The van der Waals surface area contributed by atoms with Crippen LogP contribution >= 0.6 is 0 Å². The Balaban J connectivity index is 1.72. The Kier molecular flexibility index (Phi) is 4.17. The number of hydrogen-bond acceptors (Lipinski definition) is 2. The highest BCUT2D eigenvalue weighted by molar-refractivity contribution is 5.80. The lowest BCUT2D eigenvalue weighted by molar-refractivity contribution is -0.143. The molecule has 1 aliphatic carbocycles. The first-order valence-corrected chi connectivity index (χ1v) is 7.41. The van der Waals surface area contributed by atoms with Crippen molar-refractivity contribution in [2.75, 3.05) is 6.61 Å². The van der Waals surface area contributed by atoms with Crippen LogP contribution in [0.5, 0.6) is 0 Å². The molecule has 2 rings (SSSR count). The Bertz CT molecular complexity index is 415. The van der Waals surface area contributed by atoms with Crippen LogP contribution < -0.4 is 0 Å². The van der Waals surface area contributed by atoms with Crippen LogP contribution in [0.25, 0.3) is 0 Å². The molecule has 2 heteroatoms. The molecule has 0 N–H and O–H groups in total. The molecule has 2 fully saturated rings. The molecule has 106 valence electrons. The van der Waals surface area contributed by atoms with Crippen LogP contribution in [0.15, 0.2) is 23.3 Å². The number of rotatable bonds is 6. The zero-order valence-electron chi connectivity index (χ0n) is 12.7. The number of allylic oxidation sites excluding steroid dienone is 4. The third-order valence-electron chi connectivity index (χ3n) is 4.78. The van der Waals surface area contributed by atoms with Crippen LogP contribution in [0.4, 0.5) is 0 Å². The Labute approximate surface area is 116 Å². The van der Waals surface area contributed by atoms with Crippen molar-refractivity contribution in [1.82, 2.24) is 0 Å². The van der Waals surface area contributed by atoms with Crippen LogP contribution in [-0.2, 0) is 9.53 Å². The van der Waals surface area contributed by atoms with E-state index in [-0.39, 0.29) is 17.3 Å². The molecule has 1 saturated carbocycles. The van der Waals surface area contributed by atoms with Gasteiger partial charge >= 0.3 is 5.97 Å². The fourth-order valence-electron chi connectivity index (χ4n) is 3.30. The molecule has 3 atom stereocenters. The smallest absolute Gasteiger partial charge is 0.309 e. The average molecular weight is 262 g/mol. The van der Waals surface area contributed by atoms with Crippen LogP contribution in [0.1, 0.15) is 53.4 Å². The summed E-state index contributed by atoms with van der Waals surface area (Å²) in [5, 5.41) is 0. The summed E-state index contributed by atoms with van der Waals surface area (Å²) in [7, 11) is 0. The third-order valence-corrected chi connectivity index (χ3v) is 4.78. The van der Waals surface area contributed by atoms with Gasteiger partial charge in [0.15, 0.2) is 0 Å². The maximum absolute atomic E-state index is 11.5. The molecule has 0 unspecified atom stereocenters.